The number of nitrogens with zero attached hydrogens (tertiary/aromatic N) is 4. The molecule has 2 amide bonds. The summed E-state index contributed by atoms with van der Waals surface area (Å²) in [6, 6.07) is 4.64. The summed E-state index contributed by atoms with van der Waals surface area (Å²) in [5.41, 5.74) is 7.15. The number of fused-ring (bicyclic) bond motifs is 1. The number of nitrogens with two attached hydrogens (primary N) is 1. The van der Waals surface area contributed by atoms with E-state index in [1.807, 2.05) is 0 Å². The van der Waals surface area contributed by atoms with Crippen LogP contribution in [0.3, 0.4) is 0 Å². The molecule has 1 aromatic heterocycles. The minimum absolute atomic E-state index is 0.0956. The van der Waals surface area contributed by atoms with Crippen LogP contribution in [-0.2, 0) is 0 Å². The van der Waals surface area contributed by atoms with Crippen molar-refractivity contribution >= 4 is 40.8 Å². The smallest absolute Gasteiger partial charge is 0.407 e. The summed E-state index contributed by atoms with van der Waals surface area (Å²) in [6.45, 7) is 0.386. The number of hydrogen-bond donors (Lipinski definition) is 3. The highest BCUT2D eigenvalue weighted by Gasteiger charge is 2.31. The molecule has 2 heterocycles. The lowest BCUT2D eigenvalue weighted by molar-refractivity contribution is 0.137. The van der Waals surface area contributed by atoms with Crippen LogP contribution in [0, 0.1) is 0 Å². The van der Waals surface area contributed by atoms with E-state index < -0.39 is 18.2 Å². The minimum Gasteiger partial charge on any atom is -0.465 e. The summed E-state index contributed by atoms with van der Waals surface area (Å²) in [5.74, 6) is 0.167. The molecule has 0 saturated carbocycles. The lowest BCUT2D eigenvalue weighted by Crippen LogP contribution is -2.35. The second kappa shape index (κ2) is 6.08. The fraction of sp³-hybridized carbons (Fsp3) is 0.357. The number of benzene rings is 1. The Kier molecular flexibility index (Phi) is 4.10. The number of hydrogen-bond acceptors (Lipinski definition) is 4. The van der Waals surface area contributed by atoms with Gasteiger partial charge < -0.3 is 30.3 Å². The molecule has 0 bridgehead atoms. The fourth-order valence-electron chi connectivity index (χ4n) is 3.00. The third-order valence-electron chi connectivity index (χ3n) is 4.10. The molecule has 2 aromatic rings. The second-order valence-electron chi connectivity index (χ2n) is 5.56. The summed E-state index contributed by atoms with van der Waals surface area (Å²) in [7, 11) is 0. The lowest BCUT2D eigenvalue weighted by Gasteiger charge is -2.25. The molecule has 1 saturated heterocycles. The van der Waals surface area contributed by atoms with Gasteiger partial charge in [-0.3, -0.25) is 0 Å². The maximum atomic E-state index is 11.4. The van der Waals surface area contributed by atoms with Crippen molar-refractivity contribution in [3.05, 3.63) is 23.2 Å². The van der Waals surface area contributed by atoms with E-state index in [9.17, 15) is 19.8 Å². The Labute approximate surface area is 141 Å². The molecule has 24 heavy (non-hydrogen) atoms. The van der Waals surface area contributed by atoms with Gasteiger partial charge in [0.1, 0.15) is 0 Å². The third-order valence-corrected chi connectivity index (χ3v) is 4.40. The van der Waals surface area contributed by atoms with Crippen LogP contribution in [0.25, 0.3) is 11.0 Å². The van der Waals surface area contributed by atoms with E-state index in [2.05, 4.69) is 4.98 Å². The quantitative estimate of drug-likeness (QED) is 0.717. The van der Waals surface area contributed by atoms with Gasteiger partial charge in [0.15, 0.2) is 0 Å². The number of para-hydroxylation sites is 1. The number of aromatic nitrogens is 2. The van der Waals surface area contributed by atoms with E-state index in [4.69, 9.17) is 17.3 Å². The molecule has 10 heteroatoms. The minimum atomic E-state index is -1.11. The van der Waals surface area contributed by atoms with E-state index in [0.717, 1.165) is 0 Å². The van der Waals surface area contributed by atoms with Gasteiger partial charge in [0.05, 0.1) is 22.1 Å². The van der Waals surface area contributed by atoms with Crippen LogP contribution >= 0.6 is 11.6 Å². The molecule has 0 unspecified atom stereocenters. The van der Waals surface area contributed by atoms with Gasteiger partial charge in [-0.25, -0.2) is 14.6 Å². The van der Waals surface area contributed by atoms with E-state index in [1.54, 1.807) is 22.8 Å². The van der Waals surface area contributed by atoms with E-state index in [-0.39, 0.29) is 32.1 Å². The number of nitrogen functional groups attached to an aromatic ring is 1. The summed E-state index contributed by atoms with van der Waals surface area (Å²) < 4.78 is 1.62. The van der Waals surface area contributed by atoms with Crippen LogP contribution < -0.4 is 5.73 Å². The molecule has 128 valence electrons. The Bertz CT molecular complexity index is 784. The fourth-order valence-corrected chi connectivity index (χ4v) is 3.26. The number of anilines is 1. The van der Waals surface area contributed by atoms with E-state index in [1.165, 1.54) is 9.80 Å². The first-order valence-corrected chi connectivity index (χ1v) is 7.64. The van der Waals surface area contributed by atoms with Crippen molar-refractivity contribution in [1.82, 2.24) is 19.4 Å². The number of carboxylic acid groups (broad SMARTS) is 2. The highest BCUT2D eigenvalue weighted by molar-refractivity contribution is 6.35. The highest BCUT2D eigenvalue weighted by Crippen LogP contribution is 2.30. The molecule has 1 aliphatic rings. The summed E-state index contributed by atoms with van der Waals surface area (Å²) >= 11 is 6.26. The van der Waals surface area contributed by atoms with Gasteiger partial charge >= 0.3 is 12.2 Å². The first kappa shape index (κ1) is 16.2. The topological polar surface area (TPSA) is 125 Å². The summed E-state index contributed by atoms with van der Waals surface area (Å²) in [4.78, 5) is 29.4. The van der Waals surface area contributed by atoms with E-state index >= 15 is 0 Å². The van der Waals surface area contributed by atoms with Gasteiger partial charge in [-0.05, 0) is 12.1 Å². The standard InChI is InChI=1S/C14H16ClN5O4/c15-9-2-1-3-10-11(9)20(12(16)17-10)8-6-18(13(21)22)4-5-19(7-8)14(23)24/h1-3,8H,4-7H2,(H2,16,17)(H,21,22)(H,23,24). The molecule has 9 nitrogen and oxygen atoms in total. The van der Waals surface area contributed by atoms with Gasteiger partial charge in [-0.2, -0.15) is 0 Å². The Morgan fingerprint density at radius 1 is 1.17 bits per heavy atom. The van der Waals surface area contributed by atoms with Crippen LogP contribution in [0.15, 0.2) is 18.2 Å². The van der Waals surface area contributed by atoms with E-state index in [0.29, 0.717) is 16.1 Å². The SMILES string of the molecule is Nc1nc2cccc(Cl)c2n1C1CN(C(=O)O)CCN(C(=O)O)C1. The summed E-state index contributed by atoms with van der Waals surface area (Å²) in [6.07, 6.45) is -2.22. The molecule has 0 atom stereocenters. The van der Waals surface area contributed by atoms with Gasteiger partial charge in [0.25, 0.3) is 0 Å². The molecule has 0 aliphatic carbocycles. The zero-order valence-electron chi connectivity index (χ0n) is 12.6. The molecule has 1 aromatic carbocycles. The first-order chi connectivity index (χ1) is 11.4. The normalized spacial score (nSPS) is 16.4. The number of amides is 2. The van der Waals surface area contributed by atoms with Gasteiger partial charge in [-0.15, -0.1) is 0 Å². The van der Waals surface area contributed by atoms with Gasteiger partial charge in [-0.1, -0.05) is 17.7 Å². The molecule has 0 radical (unpaired) electrons. The molecule has 4 N–H and O–H groups in total. The molecular weight excluding hydrogens is 338 g/mol. The Morgan fingerprint density at radius 2 is 1.75 bits per heavy atom. The predicted octanol–water partition coefficient (Wildman–Crippen LogP) is 1.79. The maximum absolute atomic E-state index is 11.4. The average Bonchev–Trinajstić information content (AvgIpc) is 2.71. The summed E-state index contributed by atoms with van der Waals surface area (Å²) in [5, 5.41) is 19.1. The lowest BCUT2D eigenvalue weighted by atomic mass is 10.2. The van der Waals surface area contributed by atoms with Crippen LogP contribution in [0.4, 0.5) is 15.5 Å². The monoisotopic (exact) mass is 353 g/mol. The van der Waals surface area contributed by atoms with Crippen LogP contribution in [0.1, 0.15) is 6.04 Å². The van der Waals surface area contributed by atoms with Crippen LogP contribution in [-0.4, -0.2) is 67.9 Å². The first-order valence-electron chi connectivity index (χ1n) is 7.26. The van der Waals surface area contributed by atoms with Crippen molar-refractivity contribution in [2.75, 3.05) is 31.9 Å². The Balaban J connectivity index is 2.09. The molecular formula is C14H16ClN5O4. The number of rotatable bonds is 1. The number of carbonyl (C=O) groups is 2. The molecule has 3 rings (SSSR count). The Hall–Kier alpha value is -2.68. The average molecular weight is 354 g/mol. The van der Waals surface area contributed by atoms with Crippen LogP contribution in [0.2, 0.25) is 5.02 Å². The maximum Gasteiger partial charge on any atom is 0.407 e. The highest BCUT2D eigenvalue weighted by atomic mass is 35.5. The van der Waals surface area contributed by atoms with Crippen molar-refractivity contribution < 1.29 is 19.8 Å². The molecule has 0 spiro atoms. The van der Waals surface area contributed by atoms with Crippen molar-refractivity contribution in [3.8, 4) is 0 Å². The predicted molar refractivity (Wildman–Crippen MR) is 87.4 cm³/mol. The van der Waals surface area contributed by atoms with Crippen LogP contribution in [0.5, 0.6) is 0 Å². The second-order valence-corrected chi connectivity index (χ2v) is 5.97. The number of halogens is 1. The van der Waals surface area contributed by atoms with Gasteiger partial charge in [0.2, 0.25) is 5.95 Å². The Morgan fingerprint density at radius 3 is 2.29 bits per heavy atom. The molecule has 1 fully saturated rings. The zero-order chi connectivity index (χ0) is 17.4. The van der Waals surface area contributed by atoms with Crippen molar-refractivity contribution in [2.24, 2.45) is 0 Å². The van der Waals surface area contributed by atoms with Crippen molar-refractivity contribution in [1.29, 1.82) is 0 Å². The number of imidazole rings is 1. The molecule has 1 aliphatic heterocycles. The van der Waals surface area contributed by atoms with Crippen molar-refractivity contribution in [2.45, 2.75) is 6.04 Å². The largest absolute Gasteiger partial charge is 0.465 e. The van der Waals surface area contributed by atoms with Crippen molar-refractivity contribution in [3.63, 3.8) is 0 Å². The zero-order valence-corrected chi connectivity index (χ0v) is 13.3. The third kappa shape index (κ3) is 2.78. The van der Waals surface area contributed by atoms with Gasteiger partial charge in [0, 0.05) is 26.2 Å².